The molecule has 0 spiro atoms. The maximum absolute atomic E-state index is 11.4. The Bertz CT molecular complexity index is 494. The van der Waals surface area contributed by atoms with Gasteiger partial charge in [-0.1, -0.05) is 57.6 Å². The lowest BCUT2D eigenvalue weighted by Crippen LogP contribution is -2.12. The lowest BCUT2D eigenvalue weighted by atomic mass is 10.0. The lowest BCUT2D eigenvalue weighted by molar-refractivity contribution is 0.288. The monoisotopic (exact) mass is 328 g/mol. The second-order valence-corrected chi connectivity index (χ2v) is 6.63. The summed E-state index contributed by atoms with van der Waals surface area (Å²) in [6.07, 6.45) is 10.0. The highest BCUT2D eigenvalue weighted by molar-refractivity contribution is 7.82. The first-order valence-corrected chi connectivity index (χ1v) is 9.58. The first kappa shape index (κ1) is 19.0. The van der Waals surface area contributed by atoms with Gasteiger partial charge >= 0.3 is 10.4 Å². The minimum Gasteiger partial charge on any atom is -0.362 e. The van der Waals surface area contributed by atoms with Crippen LogP contribution in [0.5, 0.6) is 5.75 Å². The Labute approximate surface area is 135 Å². The number of benzene rings is 1. The molecule has 22 heavy (non-hydrogen) atoms. The molecule has 5 heteroatoms. The SMILES string of the molecule is CCCCCCCCCc1ccc(OS(=O)(=O)OCC)cc1. The largest absolute Gasteiger partial charge is 0.449 e. The van der Waals surface area contributed by atoms with Crippen LogP contribution in [-0.2, 0) is 21.0 Å². The van der Waals surface area contributed by atoms with Crippen molar-refractivity contribution in [2.75, 3.05) is 6.61 Å². The van der Waals surface area contributed by atoms with Crippen molar-refractivity contribution < 1.29 is 16.8 Å². The maximum atomic E-state index is 11.4. The molecular weight excluding hydrogens is 300 g/mol. The third-order valence-electron chi connectivity index (χ3n) is 3.45. The van der Waals surface area contributed by atoms with Crippen LogP contribution in [0.4, 0.5) is 0 Å². The van der Waals surface area contributed by atoms with Crippen LogP contribution in [0.25, 0.3) is 0 Å². The summed E-state index contributed by atoms with van der Waals surface area (Å²) in [7, 11) is -3.93. The molecule has 1 aromatic rings. The molecular formula is C17H28O4S. The van der Waals surface area contributed by atoms with E-state index in [4.69, 9.17) is 4.18 Å². The van der Waals surface area contributed by atoms with Crippen LogP contribution in [0, 0.1) is 0 Å². The number of rotatable bonds is 12. The third kappa shape index (κ3) is 8.39. The highest BCUT2D eigenvalue weighted by Gasteiger charge is 2.12. The molecule has 0 aliphatic carbocycles. The second-order valence-electron chi connectivity index (χ2n) is 5.41. The van der Waals surface area contributed by atoms with Gasteiger partial charge in [-0.3, -0.25) is 0 Å². The molecule has 0 aromatic heterocycles. The summed E-state index contributed by atoms with van der Waals surface area (Å²) in [6.45, 7) is 3.90. The molecule has 0 saturated heterocycles. The van der Waals surface area contributed by atoms with Crippen LogP contribution >= 0.6 is 0 Å². The standard InChI is InChI=1S/C17H28O4S/c1-3-5-6-7-8-9-10-11-16-12-14-17(15-13-16)21-22(18,19)20-4-2/h12-15H,3-11H2,1-2H3. The van der Waals surface area contributed by atoms with Crippen LogP contribution in [-0.4, -0.2) is 15.0 Å². The fourth-order valence-corrected chi connectivity index (χ4v) is 2.97. The van der Waals surface area contributed by atoms with Crippen LogP contribution in [0.3, 0.4) is 0 Å². The molecule has 0 saturated carbocycles. The minimum absolute atomic E-state index is 0.0681. The summed E-state index contributed by atoms with van der Waals surface area (Å²) in [5.74, 6) is 0.289. The summed E-state index contributed by atoms with van der Waals surface area (Å²) >= 11 is 0. The zero-order valence-corrected chi connectivity index (χ0v) is 14.5. The first-order chi connectivity index (χ1) is 10.6. The van der Waals surface area contributed by atoms with Crippen LogP contribution in [0.2, 0.25) is 0 Å². The van der Waals surface area contributed by atoms with Gasteiger partial charge in [0, 0.05) is 0 Å². The first-order valence-electron chi connectivity index (χ1n) is 8.25. The van der Waals surface area contributed by atoms with Crippen molar-refractivity contribution in [2.24, 2.45) is 0 Å². The predicted octanol–water partition coefficient (Wildman–Crippen LogP) is 4.64. The van der Waals surface area contributed by atoms with Crippen molar-refractivity contribution in [3.05, 3.63) is 29.8 Å². The van der Waals surface area contributed by atoms with Gasteiger partial charge in [-0.05, 0) is 37.5 Å². The molecule has 0 aliphatic rings. The van der Waals surface area contributed by atoms with E-state index in [1.54, 1.807) is 19.1 Å². The average molecular weight is 328 g/mol. The molecule has 0 unspecified atom stereocenters. The van der Waals surface area contributed by atoms with Gasteiger partial charge in [0.1, 0.15) is 5.75 Å². The van der Waals surface area contributed by atoms with E-state index in [9.17, 15) is 8.42 Å². The van der Waals surface area contributed by atoms with Crippen molar-refractivity contribution in [3.8, 4) is 5.75 Å². The Morgan fingerprint density at radius 1 is 0.864 bits per heavy atom. The topological polar surface area (TPSA) is 52.6 Å². The molecule has 0 amide bonds. The molecule has 0 aliphatic heterocycles. The highest BCUT2D eigenvalue weighted by Crippen LogP contribution is 2.17. The summed E-state index contributed by atoms with van der Waals surface area (Å²) in [5.41, 5.74) is 1.20. The Kier molecular flexibility index (Phi) is 9.16. The van der Waals surface area contributed by atoms with Crippen LogP contribution < -0.4 is 4.18 Å². The molecule has 0 radical (unpaired) electrons. The molecule has 0 atom stereocenters. The van der Waals surface area contributed by atoms with Gasteiger partial charge in [0.05, 0.1) is 6.61 Å². The smallest absolute Gasteiger partial charge is 0.362 e. The Hall–Kier alpha value is -1.07. The van der Waals surface area contributed by atoms with Gasteiger partial charge in [-0.15, -0.1) is 0 Å². The fourth-order valence-electron chi connectivity index (χ4n) is 2.28. The molecule has 1 aromatic carbocycles. The van der Waals surface area contributed by atoms with Gasteiger partial charge in [0.15, 0.2) is 0 Å². The Morgan fingerprint density at radius 3 is 2.05 bits per heavy atom. The zero-order valence-electron chi connectivity index (χ0n) is 13.7. The van der Waals surface area contributed by atoms with Crippen LogP contribution in [0.15, 0.2) is 24.3 Å². The normalized spacial score (nSPS) is 11.5. The Balaban J connectivity index is 2.27. The summed E-state index contributed by atoms with van der Waals surface area (Å²) in [6, 6.07) is 7.17. The number of hydrogen-bond donors (Lipinski definition) is 0. The van der Waals surface area contributed by atoms with Gasteiger partial charge in [-0.25, -0.2) is 4.18 Å². The molecule has 126 valence electrons. The highest BCUT2D eigenvalue weighted by atomic mass is 32.3. The molecule has 4 nitrogen and oxygen atoms in total. The van der Waals surface area contributed by atoms with E-state index >= 15 is 0 Å². The molecule has 0 N–H and O–H groups in total. The van der Waals surface area contributed by atoms with Crippen molar-refractivity contribution >= 4 is 10.4 Å². The molecule has 0 bridgehead atoms. The van der Waals surface area contributed by atoms with Crippen molar-refractivity contribution in [1.82, 2.24) is 0 Å². The van der Waals surface area contributed by atoms with E-state index < -0.39 is 10.4 Å². The van der Waals surface area contributed by atoms with E-state index in [0.29, 0.717) is 0 Å². The fraction of sp³-hybridized carbons (Fsp3) is 0.647. The number of unbranched alkanes of at least 4 members (excludes halogenated alkanes) is 6. The quantitative estimate of drug-likeness (QED) is 0.525. The second kappa shape index (κ2) is 10.6. The maximum Gasteiger partial charge on any atom is 0.449 e. The van der Waals surface area contributed by atoms with Gasteiger partial charge in [0.25, 0.3) is 0 Å². The van der Waals surface area contributed by atoms with Crippen LogP contribution in [0.1, 0.15) is 64.4 Å². The summed E-state index contributed by atoms with van der Waals surface area (Å²) in [4.78, 5) is 0. The van der Waals surface area contributed by atoms with Gasteiger partial charge < -0.3 is 4.18 Å². The van der Waals surface area contributed by atoms with Crippen molar-refractivity contribution in [1.29, 1.82) is 0 Å². The number of aryl methyl sites for hydroxylation is 1. The van der Waals surface area contributed by atoms with E-state index in [2.05, 4.69) is 11.1 Å². The van der Waals surface area contributed by atoms with E-state index in [0.717, 1.165) is 6.42 Å². The predicted molar refractivity (Wildman–Crippen MR) is 89.3 cm³/mol. The average Bonchev–Trinajstić information content (AvgIpc) is 2.47. The Morgan fingerprint density at radius 2 is 1.45 bits per heavy atom. The van der Waals surface area contributed by atoms with E-state index in [-0.39, 0.29) is 12.4 Å². The van der Waals surface area contributed by atoms with Crippen molar-refractivity contribution in [3.63, 3.8) is 0 Å². The summed E-state index contributed by atoms with van der Waals surface area (Å²) in [5, 5.41) is 0. The number of hydrogen-bond acceptors (Lipinski definition) is 4. The molecule has 0 fully saturated rings. The lowest BCUT2D eigenvalue weighted by Gasteiger charge is -2.07. The third-order valence-corrected chi connectivity index (χ3v) is 4.37. The van der Waals surface area contributed by atoms with Gasteiger partial charge in [0.2, 0.25) is 0 Å². The van der Waals surface area contributed by atoms with Gasteiger partial charge in [-0.2, -0.15) is 8.42 Å². The molecule has 0 heterocycles. The van der Waals surface area contributed by atoms with E-state index in [1.165, 1.54) is 50.5 Å². The van der Waals surface area contributed by atoms with Crippen molar-refractivity contribution in [2.45, 2.75) is 65.2 Å². The minimum atomic E-state index is -3.93. The van der Waals surface area contributed by atoms with E-state index in [1.807, 2.05) is 12.1 Å². The molecule has 1 rings (SSSR count). The zero-order chi connectivity index (χ0) is 16.3. The summed E-state index contributed by atoms with van der Waals surface area (Å²) < 4.78 is 32.1.